The lowest BCUT2D eigenvalue weighted by molar-refractivity contribution is 0.0461. The largest absolute Gasteiger partial charge is 0.461 e. The Labute approximate surface area is 153 Å². The number of aromatic nitrogens is 4. The summed E-state index contributed by atoms with van der Waals surface area (Å²) in [6, 6.07) is 9.71. The monoisotopic (exact) mass is 372 g/mol. The van der Waals surface area contributed by atoms with Gasteiger partial charge >= 0.3 is 11.9 Å². The van der Waals surface area contributed by atoms with Crippen molar-refractivity contribution in [2.75, 3.05) is 6.61 Å². The van der Waals surface area contributed by atoms with Gasteiger partial charge in [-0.2, -0.15) is 0 Å². The number of benzene rings is 1. The topological polar surface area (TPSA) is 96.2 Å². The number of thiazole rings is 1. The minimum atomic E-state index is -0.602. The Morgan fingerprint density at radius 1 is 1.15 bits per heavy atom. The predicted molar refractivity (Wildman–Crippen MR) is 92.8 cm³/mol. The number of carbonyl (C=O) groups excluding carboxylic acids is 2. The molecule has 3 rings (SSSR count). The first-order chi connectivity index (χ1) is 12.7. The van der Waals surface area contributed by atoms with Gasteiger partial charge in [-0.3, -0.25) is 0 Å². The van der Waals surface area contributed by atoms with Gasteiger partial charge in [-0.25, -0.2) is 19.3 Å². The molecule has 0 amide bonds. The number of ether oxygens (including phenoxy) is 2. The summed E-state index contributed by atoms with van der Waals surface area (Å²) in [6.07, 6.45) is 1.53. The summed E-state index contributed by atoms with van der Waals surface area (Å²) in [5, 5.41) is 9.63. The van der Waals surface area contributed by atoms with Crippen molar-refractivity contribution in [3.8, 4) is 0 Å². The van der Waals surface area contributed by atoms with E-state index in [4.69, 9.17) is 9.47 Å². The summed E-state index contributed by atoms with van der Waals surface area (Å²) in [7, 11) is 0. The molecule has 0 saturated heterocycles. The second kappa shape index (κ2) is 8.34. The lowest BCUT2D eigenvalue weighted by Gasteiger charge is -2.00. The number of hydrogen-bond acceptors (Lipinski definition) is 8. The van der Waals surface area contributed by atoms with Crippen LogP contribution in [0.4, 0.5) is 0 Å². The van der Waals surface area contributed by atoms with Crippen molar-refractivity contribution in [2.24, 2.45) is 0 Å². The van der Waals surface area contributed by atoms with E-state index in [-0.39, 0.29) is 23.9 Å². The zero-order valence-electron chi connectivity index (χ0n) is 14.0. The molecule has 0 fully saturated rings. The number of nitrogens with zero attached hydrogens (tertiary/aromatic N) is 4. The van der Waals surface area contributed by atoms with E-state index in [0.29, 0.717) is 12.2 Å². The van der Waals surface area contributed by atoms with Crippen molar-refractivity contribution in [3.05, 3.63) is 63.9 Å². The average molecular weight is 372 g/mol. The van der Waals surface area contributed by atoms with E-state index in [2.05, 4.69) is 15.3 Å². The second-order valence-electron chi connectivity index (χ2n) is 5.23. The van der Waals surface area contributed by atoms with Gasteiger partial charge in [-0.15, -0.1) is 16.4 Å². The molecule has 26 heavy (non-hydrogen) atoms. The van der Waals surface area contributed by atoms with Gasteiger partial charge in [-0.1, -0.05) is 35.5 Å². The van der Waals surface area contributed by atoms with E-state index >= 15 is 0 Å². The molecule has 0 aliphatic carbocycles. The Morgan fingerprint density at radius 3 is 2.73 bits per heavy atom. The lowest BCUT2D eigenvalue weighted by atomic mass is 10.2. The zero-order valence-corrected chi connectivity index (χ0v) is 14.8. The minimum absolute atomic E-state index is 0.0553. The summed E-state index contributed by atoms with van der Waals surface area (Å²) in [5.74, 6) is -1.09. The fourth-order valence-corrected chi connectivity index (χ4v) is 2.81. The fourth-order valence-electron chi connectivity index (χ4n) is 2.11. The van der Waals surface area contributed by atoms with Crippen molar-refractivity contribution >= 4 is 23.3 Å². The molecule has 1 aromatic carbocycles. The second-order valence-corrected chi connectivity index (χ2v) is 6.09. The van der Waals surface area contributed by atoms with Crippen LogP contribution in [0.25, 0.3) is 0 Å². The third-order valence-corrected chi connectivity index (χ3v) is 4.16. The van der Waals surface area contributed by atoms with Crippen LogP contribution in [0.2, 0.25) is 0 Å². The highest BCUT2D eigenvalue weighted by Crippen LogP contribution is 2.13. The van der Waals surface area contributed by atoms with Crippen LogP contribution in [0.15, 0.2) is 41.9 Å². The van der Waals surface area contributed by atoms with E-state index in [1.165, 1.54) is 6.20 Å². The molecule has 0 unspecified atom stereocenters. The maximum Gasteiger partial charge on any atom is 0.367 e. The molecule has 8 nitrogen and oxygen atoms in total. The first kappa shape index (κ1) is 17.7. The predicted octanol–water partition coefficient (Wildman–Crippen LogP) is 2.32. The minimum Gasteiger partial charge on any atom is -0.461 e. The van der Waals surface area contributed by atoms with E-state index in [0.717, 1.165) is 16.9 Å². The van der Waals surface area contributed by atoms with Crippen LogP contribution in [0.3, 0.4) is 0 Å². The highest BCUT2D eigenvalue weighted by Gasteiger charge is 2.16. The van der Waals surface area contributed by atoms with Crippen LogP contribution in [-0.4, -0.2) is 38.5 Å². The molecule has 134 valence electrons. The Balaban J connectivity index is 1.55. The number of hydrogen-bond donors (Lipinski definition) is 0. The number of esters is 2. The molecule has 0 saturated carbocycles. The molecule has 0 bridgehead atoms. The van der Waals surface area contributed by atoms with Gasteiger partial charge in [-0.05, 0) is 12.5 Å². The van der Waals surface area contributed by atoms with Crippen molar-refractivity contribution < 1.29 is 19.1 Å². The zero-order chi connectivity index (χ0) is 18.4. The van der Waals surface area contributed by atoms with Crippen molar-refractivity contribution in [2.45, 2.75) is 20.1 Å². The van der Waals surface area contributed by atoms with Crippen molar-refractivity contribution in [1.82, 2.24) is 20.0 Å². The molecule has 0 spiro atoms. The Bertz CT molecular complexity index is 891. The van der Waals surface area contributed by atoms with Gasteiger partial charge in [0.1, 0.15) is 6.61 Å². The molecule has 2 heterocycles. The number of rotatable bonds is 7. The van der Waals surface area contributed by atoms with Gasteiger partial charge in [0.2, 0.25) is 5.01 Å². The molecule has 9 heteroatoms. The van der Waals surface area contributed by atoms with Gasteiger partial charge in [0, 0.05) is 5.38 Å². The third-order valence-electron chi connectivity index (χ3n) is 3.29. The SMILES string of the molecule is CCOC(=O)c1nc(COC(=O)c2cn(Cc3ccccc3)nn2)cs1. The van der Waals surface area contributed by atoms with Gasteiger partial charge in [0.05, 0.1) is 25.0 Å². The van der Waals surface area contributed by atoms with E-state index < -0.39 is 11.9 Å². The van der Waals surface area contributed by atoms with E-state index in [1.54, 1.807) is 17.0 Å². The maximum absolute atomic E-state index is 12.1. The molecule has 0 radical (unpaired) electrons. The van der Waals surface area contributed by atoms with Gasteiger partial charge < -0.3 is 9.47 Å². The summed E-state index contributed by atoms with van der Waals surface area (Å²) < 4.78 is 11.6. The molecular formula is C17H16N4O4S. The molecule has 0 aliphatic rings. The molecule has 0 N–H and O–H groups in total. The maximum atomic E-state index is 12.1. The summed E-state index contributed by atoms with van der Waals surface area (Å²) in [6.45, 7) is 2.46. The quantitative estimate of drug-likeness (QED) is 0.587. The molecule has 3 aromatic rings. The fraction of sp³-hybridized carbons (Fsp3) is 0.235. The first-order valence-electron chi connectivity index (χ1n) is 7.88. The smallest absolute Gasteiger partial charge is 0.367 e. The molecule has 0 aliphatic heterocycles. The Hall–Kier alpha value is -3.07. The lowest BCUT2D eigenvalue weighted by Crippen LogP contribution is -2.07. The Kier molecular flexibility index (Phi) is 5.69. The average Bonchev–Trinajstić information content (AvgIpc) is 3.30. The summed E-state index contributed by atoms with van der Waals surface area (Å²) in [4.78, 5) is 27.7. The molecule has 2 aromatic heterocycles. The molecular weight excluding hydrogens is 356 g/mol. The highest BCUT2D eigenvalue weighted by molar-refractivity contribution is 7.11. The third kappa shape index (κ3) is 4.51. The number of carbonyl (C=O) groups is 2. The standard InChI is InChI=1S/C17H16N4O4S/c1-2-24-17(23)15-18-13(11-26-15)10-25-16(22)14-9-21(20-19-14)8-12-6-4-3-5-7-12/h3-7,9,11H,2,8,10H2,1H3. The van der Waals surface area contributed by atoms with Gasteiger partial charge in [0.15, 0.2) is 5.69 Å². The summed E-state index contributed by atoms with van der Waals surface area (Å²) >= 11 is 1.14. The van der Waals surface area contributed by atoms with Crippen LogP contribution in [0.5, 0.6) is 0 Å². The van der Waals surface area contributed by atoms with Gasteiger partial charge in [0.25, 0.3) is 0 Å². The summed E-state index contributed by atoms with van der Waals surface area (Å²) in [5.41, 5.74) is 1.64. The first-order valence-corrected chi connectivity index (χ1v) is 8.76. The van der Waals surface area contributed by atoms with E-state index in [1.807, 2.05) is 30.3 Å². The highest BCUT2D eigenvalue weighted by atomic mass is 32.1. The molecule has 0 atom stereocenters. The van der Waals surface area contributed by atoms with Crippen LogP contribution >= 0.6 is 11.3 Å². The van der Waals surface area contributed by atoms with Crippen LogP contribution in [0.1, 0.15) is 38.5 Å². The van der Waals surface area contributed by atoms with Crippen LogP contribution < -0.4 is 0 Å². The van der Waals surface area contributed by atoms with Crippen LogP contribution in [0, 0.1) is 0 Å². The Morgan fingerprint density at radius 2 is 1.96 bits per heavy atom. The normalized spacial score (nSPS) is 10.5. The van der Waals surface area contributed by atoms with Crippen molar-refractivity contribution in [1.29, 1.82) is 0 Å². The van der Waals surface area contributed by atoms with Crippen molar-refractivity contribution in [3.63, 3.8) is 0 Å². The van der Waals surface area contributed by atoms with Crippen LogP contribution in [-0.2, 0) is 22.6 Å². The van der Waals surface area contributed by atoms with E-state index in [9.17, 15) is 9.59 Å².